The Morgan fingerprint density at radius 1 is 0.567 bits per heavy atom. The zero-order valence-electron chi connectivity index (χ0n) is 21.5. The Hall–Kier alpha value is 0.570. The molecule has 0 spiro atoms. The second kappa shape index (κ2) is 11.1. The highest BCUT2D eigenvalue weighted by molar-refractivity contribution is 7.80. The monoisotopic (exact) mass is 485 g/mol. The molecule has 0 aromatic rings. The van der Waals surface area contributed by atoms with Crippen LogP contribution >= 0.6 is 22.9 Å². The summed E-state index contributed by atoms with van der Waals surface area (Å²) in [7, 11) is 18.1. The topological polar surface area (TPSA) is 73.4 Å². The maximum Gasteiger partial charge on any atom is 0.399 e. The van der Waals surface area contributed by atoms with Crippen LogP contribution in [-0.4, -0.2) is 130 Å². The van der Waals surface area contributed by atoms with Crippen molar-refractivity contribution in [2.24, 2.45) is 14.5 Å². The van der Waals surface area contributed by atoms with E-state index >= 15 is 0 Å². The predicted octanol–water partition coefficient (Wildman–Crippen LogP) is 3.37. The van der Waals surface area contributed by atoms with Gasteiger partial charge in [0.2, 0.25) is 15.0 Å². The van der Waals surface area contributed by atoms with Crippen molar-refractivity contribution < 1.29 is 0 Å². The summed E-state index contributed by atoms with van der Waals surface area (Å²) in [5.41, 5.74) is 7.37. The van der Waals surface area contributed by atoms with Crippen molar-refractivity contribution in [2.45, 2.75) is 19.3 Å². The summed E-state index contributed by atoms with van der Waals surface area (Å²) >= 11 is 0. The van der Waals surface area contributed by atoms with E-state index in [1.807, 2.05) is 0 Å². The minimum atomic E-state index is -2.68. The van der Waals surface area contributed by atoms with Crippen LogP contribution in [0.4, 0.5) is 0 Å². The lowest BCUT2D eigenvalue weighted by molar-refractivity contribution is 0.361. The third-order valence-electron chi connectivity index (χ3n) is 5.47. The van der Waals surface area contributed by atoms with Gasteiger partial charge in [0.15, 0.2) is 0 Å². The minimum Gasteiger partial charge on any atom is -0.249 e. The van der Waals surface area contributed by atoms with E-state index in [-0.39, 0.29) is 0 Å². The van der Waals surface area contributed by atoms with Crippen LogP contribution in [0.25, 0.3) is 0 Å². The average Bonchev–Trinajstić information content (AvgIpc) is 2.63. The fraction of sp³-hybridized carbons (Fsp3) is 1.00. The second-order valence-corrected chi connectivity index (χ2v) is 19.1. The smallest absolute Gasteiger partial charge is 0.249 e. The predicted molar refractivity (Wildman–Crippen MR) is 137 cm³/mol. The van der Waals surface area contributed by atoms with Crippen molar-refractivity contribution in [2.75, 3.05) is 97.7 Å². The van der Waals surface area contributed by atoms with Crippen LogP contribution in [-0.2, 0) is 0 Å². The summed E-state index contributed by atoms with van der Waals surface area (Å²) in [6, 6.07) is 0. The highest BCUT2D eigenvalue weighted by atomic mass is 31.3. The van der Waals surface area contributed by atoms with E-state index in [9.17, 15) is 0 Å². The number of hydrogen-bond acceptors (Lipinski definition) is 4. The van der Waals surface area contributed by atoms with E-state index < -0.39 is 22.9 Å². The molecule has 2 N–H and O–H groups in total. The van der Waals surface area contributed by atoms with Crippen molar-refractivity contribution in [1.29, 1.82) is 0 Å². The lowest BCUT2D eigenvalue weighted by Gasteiger charge is -2.43. The minimum absolute atomic E-state index is 0.958. The van der Waals surface area contributed by atoms with Crippen molar-refractivity contribution in [3.05, 3.63) is 0 Å². The zero-order valence-corrected chi connectivity index (χ0v) is 24.2. The average molecular weight is 486 g/mol. The van der Waals surface area contributed by atoms with Gasteiger partial charge in [0.1, 0.15) is 0 Å². The van der Waals surface area contributed by atoms with E-state index in [4.69, 9.17) is 14.5 Å². The van der Waals surface area contributed by atoms with Crippen LogP contribution in [0.3, 0.4) is 0 Å². The third-order valence-corrected chi connectivity index (χ3v) is 17.2. The summed E-state index contributed by atoms with van der Waals surface area (Å²) in [5, 5.41) is 0. The van der Waals surface area contributed by atoms with Gasteiger partial charge in [0.05, 0.1) is 0 Å². The Morgan fingerprint density at radius 2 is 0.833 bits per heavy atom. The molecule has 13 heteroatoms. The molecule has 0 amide bonds. The zero-order chi connectivity index (χ0) is 23.5. The van der Waals surface area contributed by atoms with Crippen LogP contribution in [0, 0.1) is 0 Å². The lowest BCUT2D eigenvalue weighted by Crippen LogP contribution is -2.37. The fourth-order valence-corrected chi connectivity index (χ4v) is 17.5. The summed E-state index contributed by atoms with van der Waals surface area (Å²) < 4.78 is 26.9. The maximum absolute atomic E-state index is 7.37. The van der Waals surface area contributed by atoms with Crippen LogP contribution < -0.4 is 5.50 Å². The van der Waals surface area contributed by atoms with Gasteiger partial charge in [-0.25, -0.2) is 28.0 Å². The molecule has 10 nitrogen and oxygen atoms in total. The molecule has 0 unspecified atom stereocenters. The quantitative estimate of drug-likeness (QED) is 0.499. The van der Waals surface area contributed by atoms with Gasteiger partial charge in [0.25, 0.3) is 0 Å². The molecule has 1 fully saturated rings. The van der Waals surface area contributed by atoms with Crippen molar-refractivity contribution >= 4 is 22.9 Å². The van der Waals surface area contributed by atoms with Gasteiger partial charge in [-0.2, -0.15) is 0 Å². The maximum atomic E-state index is 7.37. The standard InChI is InChI=1S/C17H48N10P3/c1-21(2)29(22(3)4,23(5)6)19-28(18,27-16-14-13-15-17-27)20-30(24(7)8,25(9)10)26(11)12/h13-18H2,1-12H3/q+1. The summed E-state index contributed by atoms with van der Waals surface area (Å²) in [4.78, 5) is 0. The first-order valence-corrected chi connectivity index (χ1v) is 15.4. The van der Waals surface area contributed by atoms with Gasteiger partial charge in [-0.15, -0.1) is 10.2 Å². The Kier molecular flexibility index (Phi) is 10.6. The van der Waals surface area contributed by atoms with Gasteiger partial charge in [-0.05, 0) is 106 Å². The molecular formula is C17H48N10P3+. The highest BCUT2D eigenvalue weighted by Gasteiger charge is 2.51. The molecule has 0 aromatic carbocycles. The number of rotatable bonds is 9. The first kappa shape index (κ1) is 28.6. The molecule has 0 bridgehead atoms. The lowest BCUT2D eigenvalue weighted by atomic mass is 10.2. The van der Waals surface area contributed by atoms with E-state index in [0.717, 1.165) is 25.9 Å². The molecule has 180 valence electrons. The molecule has 1 aliphatic heterocycles. The first-order chi connectivity index (χ1) is 13.7. The number of piperidine rings is 1. The molecule has 1 rings (SSSR count). The SMILES string of the molecule is CN(C)P(=N[P+](N)(N=P(N(C)C)(N(C)C)N(C)C)N1CCCCC1)(N(C)C)N(C)C. The largest absolute Gasteiger partial charge is 0.399 e. The van der Waals surface area contributed by atoms with Crippen LogP contribution in [0.5, 0.6) is 0 Å². The molecular weight excluding hydrogens is 437 g/mol. The molecule has 1 saturated heterocycles. The van der Waals surface area contributed by atoms with E-state index in [0.29, 0.717) is 0 Å². The van der Waals surface area contributed by atoms with Gasteiger partial charge in [-0.1, -0.05) is 6.42 Å². The Morgan fingerprint density at radius 3 is 1.07 bits per heavy atom. The van der Waals surface area contributed by atoms with Gasteiger partial charge in [0, 0.05) is 13.1 Å². The summed E-state index contributed by atoms with van der Waals surface area (Å²) in [6.45, 7) is 1.92. The Bertz CT molecular complexity index is 553. The van der Waals surface area contributed by atoms with Gasteiger partial charge < -0.3 is 0 Å². The molecule has 0 atom stereocenters. The fourth-order valence-electron chi connectivity index (χ4n) is 4.28. The molecule has 0 saturated carbocycles. The number of nitrogens with zero attached hydrogens (tertiary/aromatic N) is 9. The molecule has 0 radical (unpaired) electrons. The van der Waals surface area contributed by atoms with E-state index in [1.165, 1.54) is 6.42 Å². The summed E-state index contributed by atoms with van der Waals surface area (Å²) in [5.74, 6) is 0. The third kappa shape index (κ3) is 5.55. The normalized spacial score (nSPS) is 17.8. The Labute approximate surface area is 187 Å². The van der Waals surface area contributed by atoms with Gasteiger partial charge in [-0.3, -0.25) is 0 Å². The molecule has 1 heterocycles. The van der Waals surface area contributed by atoms with Gasteiger partial charge >= 0.3 is 7.87 Å². The number of hydrogen-bond donors (Lipinski definition) is 1. The van der Waals surface area contributed by atoms with Crippen LogP contribution in [0.15, 0.2) is 9.03 Å². The summed E-state index contributed by atoms with van der Waals surface area (Å²) in [6.07, 6.45) is 3.55. The van der Waals surface area contributed by atoms with Crippen molar-refractivity contribution in [1.82, 2.24) is 32.7 Å². The number of nitrogens with two attached hydrogens (primary N) is 1. The molecule has 0 aliphatic carbocycles. The Balaban J connectivity index is 4.03. The van der Waals surface area contributed by atoms with Crippen LogP contribution in [0.1, 0.15) is 19.3 Å². The first-order valence-electron chi connectivity index (χ1n) is 10.5. The van der Waals surface area contributed by atoms with E-state index in [1.54, 1.807) is 0 Å². The highest BCUT2D eigenvalue weighted by Crippen LogP contribution is 2.75. The van der Waals surface area contributed by atoms with Crippen molar-refractivity contribution in [3.8, 4) is 0 Å². The van der Waals surface area contributed by atoms with Crippen molar-refractivity contribution in [3.63, 3.8) is 0 Å². The van der Waals surface area contributed by atoms with Crippen LogP contribution in [0.2, 0.25) is 0 Å². The molecule has 1 aliphatic rings. The van der Waals surface area contributed by atoms with E-state index in [2.05, 4.69) is 117 Å². The second-order valence-electron chi connectivity index (χ2n) is 8.96. The molecule has 30 heavy (non-hydrogen) atoms. The molecule has 0 aromatic heterocycles.